The van der Waals surface area contributed by atoms with E-state index in [1.165, 1.54) is 64.2 Å². The van der Waals surface area contributed by atoms with Crippen LogP contribution in [0.15, 0.2) is 0 Å². The summed E-state index contributed by atoms with van der Waals surface area (Å²) in [5, 5.41) is 3.09. The van der Waals surface area contributed by atoms with Crippen LogP contribution in [0.3, 0.4) is 0 Å². The van der Waals surface area contributed by atoms with Crippen LogP contribution in [0.25, 0.3) is 0 Å². The number of nitrogens with zero attached hydrogens (tertiary/aromatic N) is 1. The molecule has 134 valence electrons. The van der Waals surface area contributed by atoms with E-state index in [9.17, 15) is 4.79 Å². The number of nitrogens with one attached hydrogen (secondary N) is 1. The molecule has 1 amide bonds. The summed E-state index contributed by atoms with van der Waals surface area (Å²) < 4.78 is 0. The van der Waals surface area contributed by atoms with Gasteiger partial charge < -0.3 is 5.32 Å². The van der Waals surface area contributed by atoms with Crippen LogP contribution in [-0.4, -0.2) is 60.6 Å². The predicted octanol–water partition coefficient (Wildman–Crippen LogP) is 4.45. The van der Waals surface area contributed by atoms with E-state index in [0.717, 1.165) is 12.8 Å². The summed E-state index contributed by atoms with van der Waals surface area (Å²) in [5.41, 5.74) is 0. The number of hydrogen-bond acceptors (Lipinski definition) is 2. The molecular weight excluding hydrogens is 295 g/mol. The Balaban J connectivity index is 0. The standard InChI is InChI=1S/C19H40N2O.Na.H/c1-5-7-8-9-10-11-12-13-14-15-16-17-19(22)20-18(6-2)21(3)4;;/h18H,5-17H2,1-4H3,(H,20,22);;. The number of unbranched alkanes of at least 4 members (excludes halogenated alkanes) is 10. The third kappa shape index (κ3) is 17.1. The SMILES string of the molecule is CCCCCCCCCCCCCC(=O)NC(CC)N(C)C.[NaH]. The zero-order chi connectivity index (χ0) is 16.6. The molecule has 1 unspecified atom stereocenters. The summed E-state index contributed by atoms with van der Waals surface area (Å²) in [6.45, 7) is 4.37. The zero-order valence-corrected chi connectivity index (χ0v) is 15.6. The summed E-state index contributed by atoms with van der Waals surface area (Å²) in [5.74, 6) is 0.205. The molecule has 0 heterocycles. The quantitative estimate of drug-likeness (QED) is 0.272. The fourth-order valence-electron chi connectivity index (χ4n) is 2.80. The van der Waals surface area contributed by atoms with E-state index >= 15 is 0 Å². The molecule has 0 bridgehead atoms. The van der Waals surface area contributed by atoms with Crippen molar-refractivity contribution in [3.05, 3.63) is 0 Å². The molecule has 0 aromatic rings. The number of hydrogen-bond donors (Lipinski definition) is 1. The Labute approximate surface area is 167 Å². The molecule has 0 saturated heterocycles. The van der Waals surface area contributed by atoms with E-state index in [0.29, 0.717) is 6.42 Å². The molecule has 0 fully saturated rings. The Kier molecular flexibility index (Phi) is 20.9. The van der Waals surface area contributed by atoms with Crippen molar-refractivity contribution in [2.75, 3.05) is 14.1 Å². The van der Waals surface area contributed by atoms with Crippen molar-refractivity contribution < 1.29 is 4.79 Å². The molecule has 23 heavy (non-hydrogen) atoms. The normalized spacial score (nSPS) is 12.0. The van der Waals surface area contributed by atoms with Crippen LogP contribution in [0.1, 0.15) is 97.3 Å². The number of rotatable bonds is 15. The van der Waals surface area contributed by atoms with Crippen molar-refractivity contribution in [3.63, 3.8) is 0 Å². The van der Waals surface area contributed by atoms with Crippen molar-refractivity contribution >= 4 is 35.5 Å². The second-order valence-corrected chi connectivity index (χ2v) is 6.74. The van der Waals surface area contributed by atoms with Crippen molar-refractivity contribution in [1.82, 2.24) is 10.2 Å². The fraction of sp³-hybridized carbons (Fsp3) is 0.947. The second kappa shape index (κ2) is 18.8. The Morgan fingerprint density at radius 2 is 1.26 bits per heavy atom. The van der Waals surface area contributed by atoms with Gasteiger partial charge in [0.1, 0.15) is 0 Å². The number of amides is 1. The molecule has 0 radical (unpaired) electrons. The van der Waals surface area contributed by atoms with Gasteiger partial charge in [0, 0.05) is 6.42 Å². The van der Waals surface area contributed by atoms with Crippen molar-refractivity contribution in [2.45, 2.75) is 103 Å². The molecule has 0 aromatic carbocycles. The topological polar surface area (TPSA) is 32.3 Å². The van der Waals surface area contributed by atoms with Crippen LogP contribution in [-0.2, 0) is 4.79 Å². The molecule has 0 rings (SSSR count). The second-order valence-electron chi connectivity index (χ2n) is 6.74. The third-order valence-electron chi connectivity index (χ3n) is 4.35. The molecule has 0 aliphatic heterocycles. The Bertz CT molecular complexity index is 260. The predicted molar refractivity (Wildman–Crippen MR) is 104 cm³/mol. The molecule has 0 aliphatic rings. The maximum atomic E-state index is 11.8. The minimum atomic E-state index is 0. The van der Waals surface area contributed by atoms with Gasteiger partial charge in [-0.1, -0.05) is 78.1 Å². The Morgan fingerprint density at radius 1 is 0.826 bits per heavy atom. The van der Waals surface area contributed by atoms with Gasteiger partial charge in [-0.2, -0.15) is 0 Å². The summed E-state index contributed by atoms with van der Waals surface area (Å²) in [7, 11) is 4.02. The van der Waals surface area contributed by atoms with Crippen molar-refractivity contribution in [3.8, 4) is 0 Å². The van der Waals surface area contributed by atoms with E-state index in [4.69, 9.17) is 0 Å². The fourth-order valence-corrected chi connectivity index (χ4v) is 2.80. The van der Waals surface area contributed by atoms with Crippen LogP contribution < -0.4 is 5.32 Å². The van der Waals surface area contributed by atoms with Crippen LogP contribution in [0.5, 0.6) is 0 Å². The molecule has 0 aromatic heterocycles. The van der Waals surface area contributed by atoms with Crippen LogP contribution in [0.4, 0.5) is 0 Å². The van der Waals surface area contributed by atoms with E-state index in [-0.39, 0.29) is 41.6 Å². The first-order chi connectivity index (χ1) is 10.6. The average molecular weight is 337 g/mol. The number of carbonyl (C=O) groups excluding carboxylic acids is 1. The first-order valence-corrected chi connectivity index (χ1v) is 9.57. The molecule has 3 nitrogen and oxygen atoms in total. The summed E-state index contributed by atoms with van der Waals surface area (Å²) in [6, 6.07) is 0. The molecule has 1 N–H and O–H groups in total. The van der Waals surface area contributed by atoms with E-state index in [1.54, 1.807) is 0 Å². The summed E-state index contributed by atoms with van der Waals surface area (Å²) in [6.07, 6.45) is 16.4. The molecule has 1 atom stereocenters. The van der Waals surface area contributed by atoms with Crippen LogP contribution in [0, 0.1) is 0 Å². The van der Waals surface area contributed by atoms with Crippen molar-refractivity contribution in [2.24, 2.45) is 0 Å². The summed E-state index contributed by atoms with van der Waals surface area (Å²) in [4.78, 5) is 13.9. The first-order valence-electron chi connectivity index (χ1n) is 9.57. The van der Waals surface area contributed by atoms with Crippen molar-refractivity contribution in [1.29, 1.82) is 0 Å². The third-order valence-corrected chi connectivity index (χ3v) is 4.35. The van der Waals surface area contributed by atoms with Gasteiger partial charge in [-0.15, -0.1) is 0 Å². The summed E-state index contributed by atoms with van der Waals surface area (Å²) >= 11 is 0. The van der Waals surface area contributed by atoms with Gasteiger partial charge in [0.05, 0.1) is 6.17 Å². The molecule has 0 aliphatic carbocycles. The first kappa shape index (κ1) is 25.7. The van der Waals surface area contributed by atoms with Crippen LogP contribution >= 0.6 is 0 Å². The van der Waals surface area contributed by atoms with Gasteiger partial charge in [-0.05, 0) is 26.9 Å². The van der Waals surface area contributed by atoms with Gasteiger partial charge in [0.25, 0.3) is 0 Å². The van der Waals surface area contributed by atoms with Gasteiger partial charge >= 0.3 is 29.6 Å². The maximum absolute atomic E-state index is 11.8. The molecule has 0 spiro atoms. The molecule has 4 heteroatoms. The van der Waals surface area contributed by atoms with Gasteiger partial charge in [0.15, 0.2) is 0 Å². The Hall–Kier alpha value is 0.430. The molecular formula is C19H41N2NaO. The van der Waals surface area contributed by atoms with Gasteiger partial charge in [-0.25, -0.2) is 0 Å². The minimum absolute atomic E-state index is 0. The van der Waals surface area contributed by atoms with E-state index in [2.05, 4.69) is 24.1 Å². The van der Waals surface area contributed by atoms with E-state index < -0.39 is 0 Å². The van der Waals surface area contributed by atoms with Crippen LogP contribution in [0.2, 0.25) is 0 Å². The number of carbonyl (C=O) groups is 1. The monoisotopic (exact) mass is 336 g/mol. The van der Waals surface area contributed by atoms with Gasteiger partial charge in [0.2, 0.25) is 5.91 Å². The van der Waals surface area contributed by atoms with Gasteiger partial charge in [-0.3, -0.25) is 9.69 Å². The molecule has 0 saturated carbocycles. The zero-order valence-electron chi connectivity index (χ0n) is 15.6. The average Bonchev–Trinajstić information content (AvgIpc) is 2.50. The Morgan fingerprint density at radius 3 is 1.65 bits per heavy atom. The van der Waals surface area contributed by atoms with E-state index in [1.807, 2.05) is 14.1 Å².